The molecule has 2 rings (SSSR count). The summed E-state index contributed by atoms with van der Waals surface area (Å²) in [6, 6.07) is 6.77. The molecule has 0 saturated heterocycles. The van der Waals surface area contributed by atoms with Crippen LogP contribution in [0.1, 0.15) is 17.0 Å². The number of hydrogen-bond donors (Lipinski definition) is 2. The van der Waals surface area contributed by atoms with E-state index in [1.807, 2.05) is 0 Å². The second-order valence-electron chi connectivity index (χ2n) is 3.84. The molecule has 0 heterocycles. The zero-order valence-electron chi connectivity index (χ0n) is 8.63. The highest BCUT2D eigenvalue weighted by molar-refractivity contribution is 9.12. The summed E-state index contributed by atoms with van der Waals surface area (Å²) in [5.74, 6) is -2.53. The van der Waals surface area contributed by atoms with E-state index in [9.17, 15) is 19.8 Å². The van der Waals surface area contributed by atoms with Crippen molar-refractivity contribution in [3.05, 3.63) is 39.9 Å². The zero-order valence-corrected chi connectivity index (χ0v) is 10.2. The molecular weight excluding hydrogens is 288 g/mol. The highest BCUT2D eigenvalue weighted by Gasteiger charge is 2.48. The number of aliphatic carboxylic acids is 1. The van der Waals surface area contributed by atoms with Gasteiger partial charge in [-0.15, -0.1) is 0 Å². The monoisotopic (exact) mass is 296 g/mol. The molecule has 4 nitrogen and oxygen atoms in total. The molecule has 5 heteroatoms. The van der Waals surface area contributed by atoms with Gasteiger partial charge in [0.25, 0.3) is 0 Å². The molecule has 0 saturated carbocycles. The number of carboxylic acid groups (broad SMARTS) is 1. The third-order valence-corrected chi connectivity index (χ3v) is 3.70. The van der Waals surface area contributed by atoms with E-state index < -0.39 is 17.5 Å². The molecule has 0 spiro atoms. The van der Waals surface area contributed by atoms with E-state index >= 15 is 0 Å². The Morgan fingerprint density at radius 1 is 1.41 bits per heavy atom. The summed E-state index contributed by atoms with van der Waals surface area (Å²) < 4.78 is 0.158. The first-order valence-electron chi connectivity index (χ1n) is 4.89. The number of carboxylic acids is 1. The summed E-state index contributed by atoms with van der Waals surface area (Å²) in [4.78, 5) is 22.3. The van der Waals surface area contributed by atoms with Gasteiger partial charge in [0.2, 0.25) is 0 Å². The summed E-state index contributed by atoms with van der Waals surface area (Å²) in [5, 5.41) is 19.4. The van der Waals surface area contributed by atoms with Crippen molar-refractivity contribution in [1.29, 1.82) is 0 Å². The summed E-state index contributed by atoms with van der Waals surface area (Å²) in [7, 11) is 0. The van der Waals surface area contributed by atoms with Crippen LogP contribution < -0.4 is 0 Å². The maximum absolute atomic E-state index is 11.3. The van der Waals surface area contributed by atoms with Gasteiger partial charge in [0, 0.05) is 4.48 Å². The van der Waals surface area contributed by atoms with Crippen molar-refractivity contribution in [3.8, 4) is 0 Å². The molecule has 0 amide bonds. The molecule has 0 aliphatic heterocycles. The van der Waals surface area contributed by atoms with Crippen molar-refractivity contribution in [2.24, 2.45) is 0 Å². The third-order valence-electron chi connectivity index (χ3n) is 2.84. The molecule has 2 unspecified atom stereocenters. The molecule has 1 aliphatic carbocycles. The Bertz CT molecular complexity index is 523. The lowest BCUT2D eigenvalue weighted by atomic mass is 9.77. The number of hydrogen-bond acceptors (Lipinski definition) is 3. The normalized spacial score (nSPS) is 26.9. The van der Waals surface area contributed by atoms with E-state index in [1.54, 1.807) is 30.3 Å². The molecule has 1 aromatic carbocycles. The van der Waals surface area contributed by atoms with Gasteiger partial charge in [-0.05, 0) is 17.2 Å². The Balaban J connectivity index is 2.71. The zero-order chi connectivity index (χ0) is 12.6. The number of aliphatic hydroxyl groups is 1. The fourth-order valence-electron chi connectivity index (χ4n) is 1.98. The molecule has 0 aromatic heterocycles. The number of halogens is 1. The molecule has 2 N–H and O–H groups in total. The first-order valence-corrected chi connectivity index (χ1v) is 5.68. The highest BCUT2D eigenvalue weighted by Crippen LogP contribution is 2.42. The largest absolute Gasteiger partial charge is 0.481 e. The van der Waals surface area contributed by atoms with Crippen molar-refractivity contribution in [3.63, 3.8) is 0 Å². The molecule has 0 bridgehead atoms. The molecule has 0 fully saturated rings. The summed E-state index contributed by atoms with van der Waals surface area (Å²) in [5.41, 5.74) is -0.934. The van der Waals surface area contributed by atoms with Gasteiger partial charge in [0.1, 0.15) is 5.92 Å². The van der Waals surface area contributed by atoms with Gasteiger partial charge in [0.05, 0.1) is 0 Å². The molecule has 1 aliphatic rings. The average molecular weight is 297 g/mol. The quantitative estimate of drug-likeness (QED) is 0.812. The molecule has 2 atom stereocenters. The second-order valence-corrected chi connectivity index (χ2v) is 4.69. The van der Waals surface area contributed by atoms with Crippen LogP contribution >= 0.6 is 15.9 Å². The van der Waals surface area contributed by atoms with Crippen LogP contribution in [0.2, 0.25) is 0 Å². The minimum atomic E-state index is -2.04. The molecule has 17 heavy (non-hydrogen) atoms. The highest BCUT2D eigenvalue weighted by atomic mass is 79.9. The van der Waals surface area contributed by atoms with Gasteiger partial charge >= 0.3 is 5.97 Å². The maximum atomic E-state index is 11.3. The van der Waals surface area contributed by atoms with Crippen LogP contribution in [-0.4, -0.2) is 28.1 Å². The van der Waals surface area contributed by atoms with Gasteiger partial charge in [-0.1, -0.05) is 40.2 Å². The van der Waals surface area contributed by atoms with Crippen LogP contribution in [0, 0.1) is 0 Å². The van der Waals surface area contributed by atoms with E-state index in [0.29, 0.717) is 11.1 Å². The number of rotatable bonds is 2. The van der Waals surface area contributed by atoms with Crippen molar-refractivity contribution < 1.29 is 19.8 Å². The molecule has 88 valence electrons. The molecule has 1 aromatic rings. The topological polar surface area (TPSA) is 74.6 Å². The lowest BCUT2D eigenvalue weighted by molar-refractivity contribution is -0.147. The SMILES string of the molecule is O=CC1(O)C(Br)=Cc2ccccc2C1C(=O)O. The van der Waals surface area contributed by atoms with Gasteiger partial charge in [-0.3, -0.25) is 9.59 Å². The Labute approximate surface area is 106 Å². The van der Waals surface area contributed by atoms with Crippen LogP contribution in [0.5, 0.6) is 0 Å². The first-order chi connectivity index (χ1) is 8.00. The summed E-state index contributed by atoms with van der Waals surface area (Å²) in [6.45, 7) is 0. The van der Waals surface area contributed by atoms with Crippen molar-refractivity contribution >= 4 is 34.3 Å². The summed E-state index contributed by atoms with van der Waals surface area (Å²) >= 11 is 3.07. The lowest BCUT2D eigenvalue weighted by Crippen LogP contribution is -2.44. The smallest absolute Gasteiger partial charge is 0.314 e. The van der Waals surface area contributed by atoms with E-state index in [-0.39, 0.29) is 10.8 Å². The average Bonchev–Trinajstić information content (AvgIpc) is 2.30. The van der Waals surface area contributed by atoms with E-state index in [4.69, 9.17) is 0 Å². The van der Waals surface area contributed by atoms with Gasteiger partial charge in [-0.2, -0.15) is 0 Å². The number of carbonyl (C=O) groups is 2. The number of aldehydes is 1. The van der Waals surface area contributed by atoms with Crippen molar-refractivity contribution in [2.75, 3.05) is 0 Å². The van der Waals surface area contributed by atoms with E-state index in [1.165, 1.54) is 0 Å². The third kappa shape index (κ3) is 1.71. The fraction of sp³-hybridized carbons (Fsp3) is 0.167. The Hall–Kier alpha value is -1.46. The van der Waals surface area contributed by atoms with Crippen LogP contribution in [-0.2, 0) is 9.59 Å². The van der Waals surface area contributed by atoms with Gasteiger partial charge in [-0.25, -0.2) is 0 Å². The predicted molar refractivity (Wildman–Crippen MR) is 64.7 cm³/mol. The van der Waals surface area contributed by atoms with E-state index in [0.717, 1.165) is 0 Å². The van der Waals surface area contributed by atoms with Crippen LogP contribution in [0.4, 0.5) is 0 Å². The number of carbonyl (C=O) groups excluding carboxylic acids is 1. The molecular formula is C12H9BrO4. The van der Waals surface area contributed by atoms with Crippen LogP contribution in [0.25, 0.3) is 6.08 Å². The van der Waals surface area contributed by atoms with Crippen molar-refractivity contribution in [2.45, 2.75) is 11.5 Å². The minimum absolute atomic E-state index is 0.158. The standard InChI is InChI=1S/C12H9BrO4/c13-9-5-7-3-1-2-4-8(7)10(11(15)16)12(9,17)6-14/h1-6,10,17H,(H,15,16). The number of fused-ring (bicyclic) bond motifs is 1. The Morgan fingerprint density at radius 2 is 2.06 bits per heavy atom. The lowest BCUT2D eigenvalue weighted by Gasteiger charge is -2.33. The Morgan fingerprint density at radius 3 is 2.65 bits per heavy atom. The summed E-state index contributed by atoms with van der Waals surface area (Å²) in [6.07, 6.45) is 1.81. The van der Waals surface area contributed by atoms with E-state index in [2.05, 4.69) is 15.9 Å². The minimum Gasteiger partial charge on any atom is -0.481 e. The maximum Gasteiger partial charge on any atom is 0.314 e. The second kappa shape index (κ2) is 4.09. The Kier molecular flexibility index (Phi) is 2.89. The fourth-order valence-corrected chi connectivity index (χ4v) is 2.55. The molecule has 0 radical (unpaired) electrons. The van der Waals surface area contributed by atoms with Gasteiger partial charge in [0.15, 0.2) is 11.9 Å². The van der Waals surface area contributed by atoms with Gasteiger partial charge < -0.3 is 10.2 Å². The number of benzene rings is 1. The van der Waals surface area contributed by atoms with Crippen molar-refractivity contribution in [1.82, 2.24) is 0 Å². The van der Waals surface area contributed by atoms with Crippen LogP contribution in [0.15, 0.2) is 28.7 Å². The first kappa shape index (κ1) is 12.0. The van der Waals surface area contributed by atoms with Crippen LogP contribution in [0.3, 0.4) is 0 Å². The predicted octanol–water partition coefficient (Wildman–Crippen LogP) is 1.53.